The van der Waals surface area contributed by atoms with E-state index >= 15 is 0 Å². The standard InChI is InChI=1S/C17H17Br2NO/c1-10-6-12-15(8-17(2,3)9-16(12)21)20(10)14-5-4-11(18)7-13(14)19/h4-7H,8-9H2,1-3H3. The van der Waals surface area contributed by atoms with E-state index in [-0.39, 0.29) is 11.2 Å². The van der Waals surface area contributed by atoms with Crippen LogP contribution in [0.1, 0.15) is 42.0 Å². The minimum Gasteiger partial charge on any atom is -0.316 e. The maximum Gasteiger partial charge on any atom is 0.165 e. The molecule has 0 N–H and O–H groups in total. The monoisotopic (exact) mass is 409 g/mol. The molecule has 0 fully saturated rings. The zero-order chi connectivity index (χ0) is 15.4. The molecule has 0 saturated carbocycles. The van der Waals surface area contributed by atoms with Crippen LogP contribution in [0.2, 0.25) is 0 Å². The van der Waals surface area contributed by atoms with E-state index in [4.69, 9.17) is 0 Å². The summed E-state index contributed by atoms with van der Waals surface area (Å²) in [6.45, 7) is 6.39. The number of aromatic nitrogens is 1. The minimum atomic E-state index is 0.0223. The van der Waals surface area contributed by atoms with Gasteiger partial charge in [0.2, 0.25) is 0 Å². The van der Waals surface area contributed by atoms with Crippen LogP contribution in [0.25, 0.3) is 5.69 Å². The molecule has 2 nitrogen and oxygen atoms in total. The van der Waals surface area contributed by atoms with Crippen molar-refractivity contribution in [1.29, 1.82) is 0 Å². The van der Waals surface area contributed by atoms with Crippen LogP contribution in [0.3, 0.4) is 0 Å². The van der Waals surface area contributed by atoms with Crippen LogP contribution >= 0.6 is 31.9 Å². The predicted octanol–water partition coefficient (Wildman–Crippen LogP) is 5.47. The Morgan fingerprint density at radius 1 is 1.14 bits per heavy atom. The lowest BCUT2D eigenvalue weighted by molar-refractivity contribution is 0.0911. The predicted molar refractivity (Wildman–Crippen MR) is 92.3 cm³/mol. The van der Waals surface area contributed by atoms with E-state index < -0.39 is 0 Å². The number of rotatable bonds is 1. The Morgan fingerprint density at radius 3 is 2.52 bits per heavy atom. The SMILES string of the molecule is Cc1cc2c(n1-c1ccc(Br)cc1Br)CC(C)(C)CC2=O. The molecule has 0 aliphatic heterocycles. The van der Waals surface area contributed by atoms with Gasteiger partial charge < -0.3 is 4.57 Å². The highest BCUT2D eigenvalue weighted by Crippen LogP contribution is 2.38. The van der Waals surface area contributed by atoms with Crippen molar-refractivity contribution in [1.82, 2.24) is 4.57 Å². The van der Waals surface area contributed by atoms with E-state index in [1.807, 2.05) is 18.2 Å². The van der Waals surface area contributed by atoms with E-state index in [9.17, 15) is 4.79 Å². The molecule has 0 atom stereocenters. The molecule has 0 bridgehead atoms. The van der Waals surface area contributed by atoms with Gasteiger partial charge in [-0.1, -0.05) is 29.8 Å². The van der Waals surface area contributed by atoms with Crippen LogP contribution in [0.4, 0.5) is 0 Å². The Kier molecular flexibility index (Phi) is 3.65. The molecule has 1 aliphatic carbocycles. The molecule has 0 radical (unpaired) electrons. The summed E-state index contributed by atoms with van der Waals surface area (Å²) < 4.78 is 4.27. The van der Waals surface area contributed by atoms with Gasteiger partial charge in [-0.25, -0.2) is 0 Å². The summed E-state index contributed by atoms with van der Waals surface area (Å²) >= 11 is 7.13. The third-order valence-corrected chi connectivity index (χ3v) is 5.15. The van der Waals surface area contributed by atoms with Crippen LogP contribution in [0.15, 0.2) is 33.2 Å². The summed E-state index contributed by atoms with van der Waals surface area (Å²) in [5.41, 5.74) is 4.24. The molecule has 21 heavy (non-hydrogen) atoms. The fraction of sp³-hybridized carbons (Fsp3) is 0.353. The Labute approximate surface area is 141 Å². The molecule has 2 aromatic rings. The Balaban J connectivity index is 2.23. The Morgan fingerprint density at radius 2 is 1.86 bits per heavy atom. The van der Waals surface area contributed by atoms with Gasteiger partial charge in [0.05, 0.1) is 5.69 Å². The quantitative estimate of drug-likeness (QED) is 0.611. The topological polar surface area (TPSA) is 22.0 Å². The van der Waals surface area contributed by atoms with E-state index in [0.717, 1.165) is 38.0 Å². The zero-order valence-electron chi connectivity index (χ0n) is 12.3. The first-order chi connectivity index (χ1) is 9.78. The highest BCUT2D eigenvalue weighted by molar-refractivity contribution is 9.11. The van der Waals surface area contributed by atoms with Gasteiger partial charge in [-0.3, -0.25) is 4.79 Å². The molecule has 1 aromatic heterocycles. The van der Waals surface area contributed by atoms with Gasteiger partial charge in [-0.15, -0.1) is 0 Å². The number of hydrogen-bond acceptors (Lipinski definition) is 1. The van der Waals surface area contributed by atoms with E-state index in [0.29, 0.717) is 6.42 Å². The highest BCUT2D eigenvalue weighted by Gasteiger charge is 2.34. The largest absolute Gasteiger partial charge is 0.316 e. The lowest BCUT2D eigenvalue weighted by atomic mass is 9.76. The average Bonchev–Trinajstić information content (AvgIpc) is 2.65. The first-order valence-corrected chi connectivity index (χ1v) is 8.57. The zero-order valence-corrected chi connectivity index (χ0v) is 15.5. The number of aryl methyl sites for hydroxylation is 1. The molecule has 1 aromatic carbocycles. The maximum absolute atomic E-state index is 12.4. The van der Waals surface area contributed by atoms with E-state index in [1.165, 1.54) is 0 Å². The number of benzene rings is 1. The van der Waals surface area contributed by atoms with Crippen molar-refractivity contribution in [3.05, 3.63) is 50.2 Å². The number of carbonyl (C=O) groups is 1. The van der Waals surface area contributed by atoms with Crippen molar-refractivity contribution >= 4 is 37.6 Å². The molecule has 0 amide bonds. The summed E-state index contributed by atoms with van der Waals surface area (Å²) in [4.78, 5) is 12.4. The summed E-state index contributed by atoms with van der Waals surface area (Å²) in [5.74, 6) is 0.260. The number of carbonyl (C=O) groups excluding carboxylic acids is 1. The summed E-state index contributed by atoms with van der Waals surface area (Å²) in [7, 11) is 0. The Bertz CT molecular complexity index is 743. The van der Waals surface area contributed by atoms with Crippen LogP contribution in [-0.4, -0.2) is 10.4 Å². The Hall–Kier alpha value is -0.870. The lowest BCUT2D eigenvalue weighted by Crippen LogP contribution is -2.27. The van der Waals surface area contributed by atoms with Crippen molar-refractivity contribution in [2.45, 2.75) is 33.6 Å². The molecule has 1 heterocycles. The molecule has 0 saturated heterocycles. The van der Waals surface area contributed by atoms with Crippen molar-refractivity contribution in [2.24, 2.45) is 5.41 Å². The fourth-order valence-corrected chi connectivity index (χ4v) is 4.37. The van der Waals surface area contributed by atoms with Crippen LogP contribution in [0, 0.1) is 12.3 Å². The van der Waals surface area contributed by atoms with Gasteiger partial charge in [0, 0.05) is 32.3 Å². The normalized spacial score (nSPS) is 16.9. The minimum absolute atomic E-state index is 0.0223. The van der Waals surface area contributed by atoms with Gasteiger partial charge >= 0.3 is 0 Å². The summed E-state index contributed by atoms with van der Waals surface area (Å²) in [6, 6.07) is 8.17. The second-order valence-electron chi connectivity index (χ2n) is 6.52. The van der Waals surface area contributed by atoms with E-state index in [1.54, 1.807) is 0 Å². The van der Waals surface area contributed by atoms with Crippen LogP contribution in [-0.2, 0) is 6.42 Å². The first-order valence-electron chi connectivity index (χ1n) is 6.98. The van der Waals surface area contributed by atoms with Crippen molar-refractivity contribution in [3.8, 4) is 5.69 Å². The van der Waals surface area contributed by atoms with Gasteiger partial charge in [0.15, 0.2) is 5.78 Å². The first kappa shape index (κ1) is 15.0. The summed E-state index contributed by atoms with van der Waals surface area (Å²) in [6.07, 6.45) is 1.55. The van der Waals surface area contributed by atoms with Gasteiger partial charge in [-0.2, -0.15) is 0 Å². The lowest BCUT2D eigenvalue weighted by Gasteiger charge is -2.30. The number of halogens is 2. The fourth-order valence-electron chi connectivity index (χ4n) is 3.15. The molecule has 3 rings (SSSR count). The molecule has 110 valence electrons. The second-order valence-corrected chi connectivity index (χ2v) is 8.29. The number of hydrogen-bond donors (Lipinski definition) is 0. The highest BCUT2D eigenvalue weighted by atomic mass is 79.9. The van der Waals surface area contributed by atoms with Crippen molar-refractivity contribution < 1.29 is 4.79 Å². The average molecular weight is 411 g/mol. The van der Waals surface area contributed by atoms with Crippen molar-refractivity contribution in [2.75, 3.05) is 0 Å². The molecular formula is C17H17Br2NO. The van der Waals surface area contributed by atoms with Crippen LogP contribution in [0.5, 0.6) is 0 Å². The van der Waals surface area contributed by atoms with Gasteiger partial charge in [-0.05, 0) is 59.0 Å². The third kappa shape index (κ3) is 2.64. The molecule has 0 spiro atoms. The van der Waals surface area contributed by atoms with Gasteiger partial charge in [0.25, 0.3) is 0 Å². The maximum atomic E-state index is 12.4. The molecular weight excluding hydrogens is 394 g/mol. The second kappa shape index (κ2) is 5.10. The number of ketones is 1. The van der Waals surface area contributed by atoms with Crippen LogP contribution < -0.4 is 0 Å². The third-order valence-electron chi connectivity index (χ3n) is 4.02. The number of fused-ring (bicyclic) bond motifs is 1. The summed E-state index contributed by atoms with van der Waals surface area (Å²) in [5, 5.41) is 0. The molecule has 0 unspecified atom stereocenters. The van der Waals surface area contributed by atoms with Crippen molar-refractivity contribution in [3.63, 3.8) is 0 Å². The number of nitrogens with zero attached hydrogens (tertiary/aromatic N) is 1. The number of Topliss-reactive ketones (excluding diaryl/α,β-unsaturated/α-hetero) is 1. The van der Waals surface area contributed by atoms with Gasteiger partial charge in [0.1, 0.15) is 0 Å². The molecule has 4 heteroatoms. The smallest absolute Gasteiger partial charge is 0.165 e. The van der Waals surface area contributed by atoms with E-state index in [2.05, 4.69) is 63.3 Å². The molecule has 1 aliphatic rings.